The van der Waals surface area contributed by atoms with E-state index in [0.717, 1.165) is 28.9 Å². The van der Waals surface area contributed by atoms with Crippen molar-refractivity contribution >= 4 is 11.6 Å². The summed E-state index contributed by atoms with van der Waals surface area (Å²) in [5.41, 5.74) is 3.92. The fraction of sp³-hybridized carbons (Fsp3) is 0.294. The van der Waals surface area contributed by atoms with E-state index in [1.165, 1.54) is 0 Å². The van der Waals surface area contributed by atoms with Gasteiger partial charge in [-0.2, -0.15) is 0 Å². The Morgan fingerprint density at radius 2 is 1.90 bits per heavy atom. The van der Waals surface area contributed by atoms with Crippen molar-refractivity contribution in [3.63, 3.8) is 0 Å². The molecule has 0 aliphatic heterocycles. The number of hydrogen-bond acceptors (Lipinski definition) is 2. The van der Waals surface area contributed by atoms with Crippen LogP contribution in [0.4, 0.5) is 0 Å². The molecule has 2 aromatic rings. The highest BCUT2D eigenvalue weighted by Crippen LogP contribution is 2.33. The number of hydrogen-bond donors (Lipinski definition) is 1. The third-order valence-electron chi connectivity index (χ3n) is 3.43. The summed E-state index contributed by atoms with van der Waals surface area (Å²) in [4.78, 5) is 0. The fourth-order valence-electron chi connectivity index (χ4n) is 2.29. The summed E-state index contributed by atoms with van der Waals surface area (Å²) in [6.45, 7) is 4.48. The minimum Gasteiger partial charge on any atom is -0.489 e. The van der Waals surface area contributed by atoms with E-state index in [0.29, 0.717) is 17.2 Å². The van der Waals surface area contributed by atoms with Crippen LogP contribution in [0.5, 0.6) is 5.75 Å². The molecule has 0 bridgehead atoms. The van der Waals surface area contributed by atoms with Gasteiger partial charge in [-0.1, -0.05) is 48.9 Å². The molecule has 0 saturated heterocycles. The predicted molar refractivity (Wildman–Crippen MR) is 82.3 cm³/mol. The zero-order chi connectivity index (χ0) is 14.5. The summed E-state index contributed by atoms with van der Waals surface area (Å²) in [5, 5.41) is 10.0. The molecule has 0 aliphatic carbocycles. The van der Waals surface area contributed by atoms with E-state index in [-0.39, 0.29) is 6.61 Å². The summed E-state index contributed by atoms with van der Waals surface area (Å²) in [6.07, 6.45) is 0.849. The molecular weight excluding hydrogens is 272 g/mol. The van der Waals surface area contributed by atoms with E-state index >= 15 is 0 Å². The zero-order valence-corrected chi connectivity index (χ0v) is 12.6. The Morgan fingerprint density at radius 3 is 2.50 bits per heavy atom. The van der Waals surface area contributed by atoms with Gasteiger partial charge < -0.3 is 9.84 Å². The smallest absolute Gasteiger partial charge is 0.123 e. The van der Waals surface area contributed by atoms with Crippen LogP contribution in [0.25, 0.3) is 0 Å². The molecule has 106 valence electrons. The molecule has 2 nitrogen and oxygen atoms in total. The minimum atomic E-state index is -0.0780. The second-order valence-electron chi connectivity index (χ2n) is 4.74. The number of ether oxygens (including phenoxy) is 1. The normalized spacial score (nSPS) is 10.6. The topological polar surface area (TPSA) is 29.5 Å². The maximum absolute atomic E-state index is 9.38. The minimum absolute atomic E-state index is 0.0780. The first-order valence-corrected chi connectivity index (χ1v) is 7.13. The Morgan fingerprint density at radius 1 is 1.20 bits per heavy atom. The quantitative estimate of drug-likeness (QED) is 0.890. The molecule has 2 aromatic carbocycles. The molecule has 0 unspecified atom stereocenters. The van der Waals surface area contributed by atoms with Gasteiger partial charge in [-0.05, 0) is 41.7 Å². The van der Waals surface area contributed by atoms with E-state index in [9.17, 15) is 5.11 Å². The number of rotatable bonds is 5. The second-order valence-corrected chi connectivity index (χ2v) is 5.12. The van der Waals surface area contributed by atoms with Gasteiger partial charge in [0.1, 0.15) is 12.4 Å². The molecule has 0 spiro atoms. The highest BCUT2D eigenvalue weighted by Gasteiger charge is 2.13. The summed E-state index contributed by atoms with van der Waals surface area (Å²) in [7, 11) is 0. The third-order valence-corrected chi connectivity index (χ3v) is 3.95. The monoisotopic (exact) mass is 290 g/mol. The first-order valence-electron chi connectivity index (χ1n) is 6.75. The van der Waals surface area contributed by atoms with Crippen molar-refractivity contribution in [3.8, 4) is 5.75 Å². The van der Waals surface area contributed by atoms with E-state index in [2.05, 4.69) is 6.92 Å². The van der Waals surface area contributed by atoms with Gasteiger partial charge in [0.25, 0.3) is 0 Å². The lowest BCUT2D eigenvalue weighted by Crippen LogP contribution is -2.02. The van der Waals surface area contributed by atoms with Crippen LogP contribution in [0.3, 0.4) is 0 Å². The van der Waals surface area contributed by atoms with Crippen LogP contribution in [-0.2, 0) is 19.6 Å². The Hall–Kier alpha value is -1.51. The molecule has 0 heterocycles. The van der Waals surface area contributed by atoms with Crippen LogP contribution >= 0.6 is 11.6 Å². The van der Waals surface area contributed by atoms with Crippen molar-refractivity contribution in [1.29, 1.82) is 0 Å². The fourth-order valence-corrected chi connectivity index (χ4v) is 2.51. The average Bonchev–Trinajstić information content (AvgIpc) is 2.49. The Kier molecular flexibility index (Phi) is 5.05. The lowest BCUT2D eigenvalue weighted by Gasteiger charge is -2.16. The van der Waals surface area contributed by atoms with Crippen molar-refractivity contribution in [2.45, 2.75) is 33.5 Å². The maximum atomic E-state index is 9.38. The van der Waals surface area contributed by atoms with Crippen molar-refractivity contribution in [3.05, 3.63) is 63.7 Å². The molecule has 20 heavy (non-hydrogen) atoms. The Balaban J connectivity index is 2.28. The van der Waals surface area contributed by atoms with Gasteiger partial charge in [0.05, 0.1) is 6.61 Å². The predicted octanol–water partition coefficient (Wildman–Crippen LogP) is 4.28. The molecule has 2 rings (SSSR count). The maximum Gasteiger partial charge on any atom is 0.123 e. The molecule has 0 amide bonds. The van der Waals surface area contributed by atoms with Gasteiger partial charge in [-0.15, -0.1) is 0 Å². The highest BCUT2D eigenvalue weighted by molar-refractivity contribution is 6.32. The molecular formula is C17H19ClO2. The van der Waals surface area contributed by atoms with Gasteiger partial charge in [-0.3, -0.25) is 0 Å². The van der Waals surface area contributed by atoms with Crippen LogP contribution < -0.4 is 4.74 Å². The van der Waals surface area contributed by atoms with Gasteiger partial charge >= 0.3 is 0 Å². The summed E-state index contributed by atoms with van der Waals surface area (Å²) >= 11 is 6.25. The third kappa shape index (κ3) is 3.14. The van der Waals surface area contributed by atoms with Gasteiger partial charge in [0.2, 0.25) is 0 Å². The van der Waals surface area contributed by atoms with E-state index in [1.54, 1.807) is 0 Å². The van der Waals surface area contributed by atoms with Gasteiger partial charge in [-0.25, -0.2) is 0 Å². The van der Waals surface area contributed by atoms with Crippen LogP contribution in [0.2, 0.25) is 5.02 Å². The van der Waals surface area contributed by atoms with Gasteiger partial charge in [0, 0.05) is 5.02 Å². The molecule has 1 N–H and O–H groups in total. The van der Waals surface area contributed by atoms with E-state index < -0.39 is 0 Å². The van der Waals surface area contributed by atoms with Crippen LogP contribution in [0.15, 0.2) is 36.4 Å². The molecule has 3 heteroatoms. The molecule has 0 radical (unpaired) electrons. The summed E-state index contributed by atoms with van der Waals surface area (Å²) in [5.74, 6) is 0.808. The van der Waals surface area contributed by atoms with Crippen molar-refractivity contribution in [2.75, 3.05) is 0 Å². The Bertz CT molecular complexity index is 579. The first kappa shape index (κ1) is 14.9. The van der Waals surface area contributed by atoms with E-state index in [1.807, 2.05) is 43.3 Å². The van der Waals surface area contributed by atoms with Crippen LogP contribution in [-0.4, -0.2) is 5.11 Å². The molecule has 0 aliphatic rings. The molecule has 0 atom stereocenters. The lowest BCUT2D eigenvalue weighted by atomic mass is 10.0. The number of aliphatic hydroxyl groups is 1. The second kappa shape index (κ2) is 6.78. The largest absolute Gasteiger partial charge is 0.489 e. The number of aliphatic hydroxyl groups excluding tert-OH is 1. The summed E-state index contributed by atoms with van der Waals surface area (Å²) < 4.78 is 5.92. The average molecular weight is 291 g/mol. The first-order chi connectivity index (χ1) is 9.67. The van der Waals surface area contributed by atoms with Crippen LogP contribution in [0.1, 0.15) is 29.2 Å². The summed E-state index contributed by atoms with van der Waals surface area (Å²) in [6, 6.07) is 11.9. The zero-order valence-electron chi connectivity index (χ0n) is 11.8. The van der Waals surface area contributed by atoms with Crippen molar-refractivity contribution in [1.82, 2.24) is 0 Å². The molecule has 0 aromatic heterocycles. The van der Waals surface area contributed by atoms with Crippen molar-refractivity contribution < 1.29 is 9.84 Å². The lowest BCUT2D eigenvalue weighted by molar-refractivity contribution is 0.277. The van der Waals surface area contributed by atoms with Crippen LogP contribution in [0, 0.1) is 6.92 Å². The van der Waals surface area contributed by atoms with Gasteiger partial charge in [0.15, 0.2) is 0 Å². The molecule has 0 fully saturated rings. The standard InChI is InChI=1S/C17H19ClO2/c1-3-15-12(2)17(18)14(10-19)9-16(15)20-11-13-7-5-4-6-8-13/h4-9,19H,3,10-11H2,1-2H3. The number of halogens is 1. The highest BCUT2D eigenvalue weighted by atomic mass is 35.5. The Labute approximate surface area is 125 Å². The SMILES string of the molecule is CCc1c(OCc2ccccc2)cc(CO)c(Cl)c1C. The van der Waals surface area contributed by atoms with Crippen molar-refractivity contribution in [2.24, 2.45) is 0 Å². The van der Waals surface area contributed by atoms with E-state index in [4.69, 9.17) is 16.3 Å². The number of benzene rings is 2. The molecule has 0 saturated carbocycles.